The molecule has 0 fully saturated rings. The van der Waals surface area contributed by atoms with Crippen molar-refractivity contribution in [2.45, 2.75) is 26.3 Å². The van der Waals surface area contributed by atoms with Crippen LogP contribution in [-0.2, 0) is 22.5 Å². The minimum Gasteiger partial charge on any atom is -0.468 e. The lowest BCUT2D eigenvalue weighted by Crippen LogP contribution is -2.10. The van der Waals surface area contributed by atoms with Crippen LogP contribution < -0.4 is 5.73 Å². The normalized spacial score (nSPS) is 11.0. The lowest BCUT2D eigenvalue weighted by molar-refractivity contribution is -0.141. The van der Waals surface area contributed by atoms with Crippen LogP contribution in [0.15, 0.2) is 18.3 Å². The molecule has 1 aromatic heterocycles. The van der Waals surface area contributed by atoms with Gasteiger partial charge >= 0.3 is 5.97 Å². The van der Waals surface area contributed by atoms with Gasteiger partial charge in [-0.3, -0.25) is 4.79 Å². The van der Waals surface area contributed by atoms with Crippen molar-refractivity contribution in [1.82, 2.24) is 4.57 Å². The highest BCUT2D eigenvalue weighted by atomic mass is 35.5. The number of methoxy groups -OCH3 is 1. The lowest BCUT2D eigenvalue weighted by atomic mass is 10.1. The highest BCUT2D eigenvalue weighted by Crippen LogP contribution is 2.28. The molecule has 5 heteroatoms. The van der Waals surface area contributed by atoms with Crippen LogP contribution in [0.4, 0.5) is 0 Å². The minimum atomic E-state index is -0.274. The van der Waals surface area contributed by atoms with Gasteiger partial charge in [-0.1, -0.05) is 11.6 Å². The number of nitrogens with two attached hydrogens (primary N) is 1. The number of aromatic nitrogens is 1. The molecular weight excluding hydrogens is 276 g/mol. The van der Waals surface area contributed by atoms with Crippen molar-refractivity contribution in [3.05, 3.63) is 34.5 Å². The largest absolute Gasteiger partial charge is 0.468 e. The maximum absolute atomic E-state index is 11.5. The summed E-state index contributed by atoms with van der Waals surface area (Å²) >= 11 is 6.19. The first kappa shape index (κ1) is 14.9. The summed E-state index contributed by atoms with van der Waals surface area (Å²) in [6.45, 7) is 2.82. The Morgan fingerprint density at radius 1 is 1.45 bits per heavy atom. The number of benzene rings is 1. The second-order valence-electron chi connectivity index (χ2n) is 4.87. The van der Waals surface area contributed by atoms with E-state index in [0.717, 1.165) is 29.3 Å². The smallest absolute Gasteiger partial charge is 0.325 e. The van der Waals surface area contributed by atoms with Gasteiger partial charge in [-0.15, -0.1) is 0 Å². The van der Waals surface area contributed by atoms with Gasteiger partial charge in [0.25, 0.3) is 0 Å². The Bertz CT molecular complexity index is 634. The lowest BCUT2D eigenvalue weighted by Gasteiger charge is -2.05. The number of carbonyl (C=O) groups is 1. The van der Waals surface area contributed by atoms with E-state index in [0.29, 0.717) is 11.6 Å². The fourth-order valence-corrected chi connectivity index (χ4v) is 2.48. The molecule has 0 aliphatic heterocycles. The SMILES string of the molecule is COC(=O)Cn1cc(CCCN)c2cc(C)c(Cl)cc21. The quantitative estimate of drug-likeness (QED) is 0.863. The number of hydrogen-bond donors (Lipinski definition) is 1. The molecule has 4 nitrogen and oxygen atoms in total. The van der Waals surface area contributed by atoms with Gasteiger partial charge < -0.3 is 15.0 Å². The molecule has 0 saturated carbocycles. The maximum atomic E-state index is 11.5. The van der Waals surface area contributed by atoms with Crippen molar-refractivity contribution in [3.8, 4) is 0 Å². The second-order valence-corrected chi connectivity index (χ2v) is 5.28. The number of ether oxygens (including phenoxy) is 1. The average Bonchev–Trinajstić information content (AvgIpc) is 2.74. The molecule has 0 radical (unpaired) electrons. The Kier molecular flexibility index (Phi) is 4.68. The molecule has 0 aliphatic carbocycles. The molecule has 0 bridgehead atoms. The molecule has 2 aromatic rings. The van der Waals surface area contributed by atoms with E-state index in [9.17, 15) is 4.79 Å². The van der Waals surface area contributed by atoms with E-state index in [1.54, 1.807) is 0 Å². The number of hydrogen-bond acceptors (Lipinski definition) is 3. The molecule has 0 amide bonds. The van der Waals surface area contributed by atoms with Gasteiger partial charge in [0.1, 0.15) is 6.54 Å². The number of fused-ring (bicyclic) bond motifs is 1. The van der Waals surface area contributed by atoms with Crippen molar-refractivity contribution in [2.24, 2.45) is 5.73 Å². The first-order chi connectivity index (χ1) is 9.56. The van der Waals surface area contributed by atoms with Gasteiger partial charge in [0.2, 0.25) is 0 Å². The van der Waals surface area contributed by atoms with Crippen molar-refractivity contribution < 1.29 is 9.53 Å². The third-order valence-corrected chi connectivity index (χ3v) is 3.83. The average molecular weight is 295 g/mol. The molecule has 0 atom stereocenters. The van der Waals surface area contributed by atoms with E-state index in [1.165, 1.54) is 12.7 Å². The van der Waals surface area contributed by atoms with E-state index in [2.05, 4.69) is 6.07 Å². The van der Waals surface area contributed by atoms with Gasteiger partial charge in [-0.25, -0.2) is 0 Å². The fraction of sp³-hybridized carbons (Fsp3) is 0.400. The number of aryl methyl sites for hydroxylation is 2. The monoisotopic (exact) mass is 294 g/mol. The third-order valence-electron chi connectivity index (χ3n) is 3.42. The summed E-state index contributed by atoms with van der Waals surface area (Å²) < 4.78 is 6.62. The Hall–Kier alpha value is -1.52. The third kappa shape index (κ3) is 2.97. The van der Waals surface area contributed by atoms with Crippen LogP contribution in [0, 0.1) is 6.92 Å². The summed E-state index contributed by atoms with van der Waals surface area (Å²) in [5.41, 5.74) is 8.76. The molecular formula is C15H19ClN2O2. The highest BCUT2D eigenvalue weighted by molar-refractivity contribution is 6.32. The molecule has 0 unspecified atom stereocenters. The van der Waals surface area contributed by atoms with Crippen LogP contribution in [0.2, 0.25) is 5.02 Å². The van der Waals surface area contributed by atoms with Crippen LogP contribution in [-0.4, -0.2) is 24.2 Å². The van der Waals surface area contributed by atoms with Crippen LogP contribution in [0.3, 0.4) is 0 Å². The van der Waals surface area contributed by atoms with Gasteiger partial charge in [-0.05, 0) is 49.6 Å². The Morgan fingerprint density at radius 3 is 2.85 bits per heavy atom. The number of carbonyl (C=O) groups excluding carboxylic acids is 1. The molecule has 20 heavy (non-hydrogen) atoms. The Morgan fingerprint density at radius 2 is 2.20 bits per heavy atom. The topological polar surface area (TPSA) is 57.2 Å². The standard InChI is InChI=1S/C15H19ClN2O2/c1-10-6-12-11(4-3-5-17)8-18(9-15(19)20-2)14(12)7-13(10)16/h6-8H,3-5,9,17H2,1-2H3. The fourth-order valence-electron chi connectivity index (χ4n) is 2.32. The van der Waals surface area contributed by atoms with E-state index < -0.39 is 0 Å². The minimum absolute atomic E-state index is 0.189. The number of esters is 1. The summed E-state index contributed by atoms with van der Waals surface area (Å²) in [6, 6.07) is 3.97. The van der Waals surface area contributed by atoms with Crippen molar-refractivity contribution in [3.63, 3.8) is 0 Å². The zero-order valence-corrected chi connectivity index (χ0v) is 12.5. The predicted octanol–water partition coefficient (Wildman–Crippen LogP) is 2.67. The van der Waals surface area contributed by atoms with Gasteiger partial charge in [0.05, 0.1) is 12.6 Å². The molecule has 2 rings (SSSR count). The van der Waals surface area contributed by atoms with Crippen LogP contribution >= 0.6 is 11.6 Å². The van der Waals surface area contributed by atoms with Gasteiger partial charge in [0.15, 0.2) is 0 Å². The second kappa shape index (κ2) is 6.29. The number of nitrogens with zero attached hydrogens (tertiary/aromatic N) is 1. The van der Waals surface area contributed by atoms with Crippen LogP contribution in [0.1, 0.15) is 17.5 Å². The zero-order chi connectivity index (χ0) is 14.7. The van der Waals surface area contributed by atoms with Crippen molar-refractivity contribution in [2.75, 3.05) is 13.7 Å². The summed E-state index contributed by atoms with van der Waals surface area (Å²) in [6.07, 6.45) is 3.80. The number of halogens is 1. The van der Waals surface area contributed by atoms with Crippen LogP contribution in [0.25, 0.3) is 10.9 Å². The zero-order valence-electron chi connectivity index (χ0n) is 11.8. The molecule has 108 valence electrons. The van der Waals surface area contributed by atoms with E-state index in [1.807, 2.05) is 23.8 Å². The van der Waals surface area contributed by atoms with Crippen LogP contribution in [0.5, 0.6) is 0 Å². The predicted molar refractivity (Wildman–Crippen MR) is 81.1 cm³/mol. The van der Waals surface area contributed by atoms with Gasteiger partial charge in [-0.2, -0.15) is 0 Å². The summed E-state index contributed by atoms with van der Waals surface area (Å²) in [5, 5.41) is 1.83. The molecule has 1 heterocycles. The highest BCUT2D eigenvalue weighted by Gasteiger charge is 2.13. The molecule has 0 aliphatic rings. The molecule has 2 N–H and O–H groups in total. The number of rotatable bonds is 5. The maximum Gasteiger partial charge on any atom is 0.325 e. The van der Waals surface area contributed by atoms with E-state index >= 15 is 0 Å². The van der Waals surface area contributed by atoms with E-state index in [4.69, 9.17) is 22.1 Å². The molecule has 1 aromatic carbocycles. The summed E-state index contributed by atoms with van der Waals surface area (Å²) in [5.74, 6) is -0.274. The van der Waals surface area contributed by atoms with E-state index in [-0.39, 0.29) is 12.5 Å². The first-order valence-corrected chi connectivity index (χ1v) is 6.99. The van der Waals surface area contributed by atoms with Crippen molar-refractivity contribution in [1.29, 1.82) is 0 Å². The first-order valence-electron chi connectivity index (χ1n) is 6.61. The molecule has 0 spiro atoms. The van der Waals surface area contributed by atoms with Crippen molar-refractivity contribution >= 4 is 28.5 Å². The Labute approximate surface area is 123 Å². The summed E-state index contributed by atoms with van der Waals surface area (Å²) in [4.78, 5) is 11.5. The summed E-state index contributed by atoms with van der Waals surface area (Å²) in [7, 11) is 1.39. The Balaban J connectivity index is 2.51. The molecule has 0 saturated heterocycles. The van der Waals surface area contributed by atoms with Gasteiger partial charge in [0, 0.05) is 16.6 Å².